The largest absolute Gasteiger partial charge is 0.321 e. The van der Waals surface area contributed by atoms with Gasteiger partial charge in [0.15, 0.2) is 0 Å². The summed E-state index contributed by atoms with van der Waals surface area (Å²) in [6.45, 7) is 6.09. The van der Waals surface area contributed by atoms with Crippen LogP contribution in [0.4, 0.5) is 0 Å². The second-order valence-corrected chi connectivity index (χ2v) is 5.65. The zero-order valence-electron chi connectivity index (χ0n) is 9.82. The number of nitrogens with two attached hydrogens (primary N) is 1. The van der Waals surface area contributed by atoms with Gasteiger partial charge in [0.1, 0.15) is 5.01 Å². The number of aromatic nitrogens is 1. The predicted molar refractivity (Wildman–Crippen MR) is 69.5 cm³/mol. The molecule has 0 aliphatic carbocycles. The molecule has 0 saturated carbocycles. The molecule has 0 fully saturated rings. The van der Waals surface area contributed by atoms with E-state index in [4.69, 9.17) is 5.73 Å². The van der Waals surface area contributed by atoms with Gasteiger partial charge in [-0.05, 0) is 26.8 Å². The Morgan fingerprint density at radius 2 is 2.06 bits per heavy atom. The van der Waals surface area contributed by atoms with Crippen molar-refractivity contribution >= 4 is 11.3 Å². The van der Waals surface area contributed by atoms with E-state index in [2.05, 4.69) is 36.2 Å². The van der Waals surface area contributed by atoms with E-state index < -0.39 is 0 Å². The van der Waals surface area contributed by atoms with Crippen LogP contribution in [0.5, 0.6) is 0 Å². The molecule has 84 valence electrons. The first-order valence-electron chi connectivity index (χ1n) is 5.29. The van der Waals surface area contributed by atoms with Gasteiger partial charge in [-0.15, -0.1) is 11.3 Å². The summed E-state index contributed by atoms with van der Waals surface area (Å²) in [7, 11) is 0. The Labute approximate surface area is 100 Å². The second kappa shape index (κ2) is 4.00. The third-order valence-electron chi connectivity index (χ3n) is 2.41. The highest BCUT2D eigenvalue weighted by Gasteiger charge is 2.17. The van der Waals surface area contributed by atoms with Gasteiger partial charge >= 0.3 is 0 Å². The standard InChI is InChI=1S/C13H16N2S/c1-9-5-4-6-10(7-9)12-15-8-11(16-12)13(2,3)14/h4-8H,14H2,1-3H3. The van der Waals surface area contributed by atoms with Crippen LogP contribution in [-0.4, -0.2) is 4.98 Å². The molecule has 0 bridgehead atoms. The van der Waals surface area contributed by atoms with Crippen molar-refractivity contribution in [2.75, 3.05) is 0 Å². The van der Waals surface area contributed by atoms with Crippen molar-refractivity contribution in [2.45, 2.75) is 26.3 Å². The van der Waals surface area contributed by atoms with Crippen LogP contribution in [0, 0.1) is 6.92 Å². The minimum absolute atomic E-state index is 0.306. The maximum Gasteiger partial charge on any atom is 0.123 e. The number of hydrogen-bond donors (Lipinski definition) is 1. The van der Waals surface area contributed by atoms with Crippen LogP contribution in [0.3, 0.4) is 0 Å². The van der Waals surface area contributed by atoms with Gasteiger partial charge < -0.3 is 5.73 Å². The van der Waals surface area contributed by atoms with Crippen molar-refractivity contribution in [3.63, 3.8) is 0 Å². The second-order valence-electron chi connectivity index (χ2n) is 4.62. The van der Waals surface area contributed by atoms with E-state index in [-0.39, 0.29) is 5.54 Å². The molecule has 2 aromatic rings. The molecule has 0 saturated heterocycles. The molecule has 0 unspecified atom stereocenters. The summed E-state index contributed by atoms with van der Waals surface area (Å²) >= 11 is 1.67. The average Bonchev–Trinajstić information content (AvgIpc) is 2.65. The third-order valence-corrected chi connectivity index (χ3v) is 3.79. The molecule has 0 atom stereocenters. The van der Waals surface area contributed by atoms with Crippen molar-refractivity contribution < 1.29 is 0 Å². The number of hydrogen-bond acceptors (Lipinski definition) is 3. The lowest BCUT2D eigenvalue weighted by Gasteiger charge is -2.14. The Morgan fingerprint density at radius 1 is 1.31 bits per heavy atom. The number of thiazole rings is 1. The molecule has 1 aromatic carbocycles. The van der Waals surface area contributed by atoms with Gasteiger partial charge in [-0.1, -0.05) is 23.8 Å². The van der Waals surface area contributed by atoms with E-state index in [1.54, 1.807) is 11.3 Å². The molecule has 1 aromatic heterocycles. The minimum atomic E-state index is -0.306. The van der Waals surface area contributed by atoms with Gasteiger partial charge in [0.05, 0.1) is 0 Å². The minimum Gasteiger partial charge on any atom is -0.321 e. The highest BCUT2D eigenvalue weighted by atomic mass is 32.1. The summed E-state index contributed by atoms with van der Waals surface area (Å²) in [5.41, 5.74) is 8.16. The fourth-order valence-corrected chi connectivity index (χ4v) is 2.41. The van der Waals surface area contributed by atoms with Gasteiger partial charge in [0.25, 0.3) is 0 Å². The molecule has 0 aliphatic heterocycles. The fraction of sp³-hybridized carbons (Fsp3) is 0.308. The van der Waals surface area contributed by atoms with Gasteiger partial charge in [0.2, 0.25) is 0 Å². The van der Waals surface area contributed by atoms with E-state index in [0.29, 0.717) is 0 Å². The maximum atomic E-state index is 6.05. The van der Waals surface area contributed by atoms with Crippen LogP contribution in [0.15, 0.2) is 30.5 Å². The van der Waals surface area contributed by atoms with Crippen LogP contribution in [0.25, 0.3) is 10.6 Å². The topological polar surface area (TPSA) is 38.9 Å². The fourth-order valence-electron chi connectivity index (χ4n) is 1.48. The first-order valence-corrected chi connectivity index (χ1v) is 6.11. The molecule has 0 spiro atoms. The normalized spacial score (nSPS) is 11.8. The van der Waals surface area contributed by atoms with E-state index >= 15 is 0 Å². The van der Waals surface area contributed by atoms with Gasteiger partial charge in [-0.3, -0.25) is 0 Å². The number of nitrogens with zero attached hydrogens (tertiary/aromatic N) is 1. The van der Waals surface area contributed by atoms with E-state index in [0.717, 1.165) is 9.88 Å². The molecular formula is C13H16N2S. The lowest BCUT2D eigenvalue weighted by Crippen LogP contribution is -2.27. The highest BCUT2D eigenvalue weighted by molar-refractivity contribution is 7.15. The lowest BCUT2D eigenvalue weighted by atomic mass is 10.1. The van der Waals surface area contributed by atoms with E-state index in [1.807, 2.05) is 20.0 Å². The SMILES string of the molecule is Cc1cccc(-c2ncc(C(C)(C)N)s2)c1. The van der Waals surface area contributed by atoms with E-state index in [1.165, 1.54) is 11.1 Å². The summed E-state index contributed by atoms with van der Waals surface area (Å²) in [4.78, 5) is 5.55. The number of rotatable bonds is 2. The van der Waals surface area contributed by atoms with Crippen molar-refractivity contribution in [3.05, 3.63) is 40.9 Å². The first kappa shape index (κ1) is 11.3. The highest BCUT2D eigenvalue weighted by Crippen LogP contribution is 2.30. The van der Waals surface area contributed by atoms with Crippen LogP contribution >= 0.6 is 11.3 Å². The number of benzene rings is 1. The molecule has 0 radical (unpaired) electrons. The summed E-state index contributed by atoms with van der Waals surface area (Å²) < 4.78 is 0. The van der Waals surface area contributed by atoms with Crippen molar-refractivity contribution in [3.8, 4) is 10.6 Å². The zero-order chi connectivity index (χ0) is 11.8. The Morgan fingerprint density at radius 3 is 2.62 bits per heavy atom. The van der Waals surface area contributed by atoms with Crippen LogP contribution in [-0.2, 0) is 5.54 Å². The summed E-state index contributed by atoms with van der Waals surface area (Å²) in [6, 6.07) is 8.37. The Bertz CT molecular complexity index is 495. The number of aryl methyl sites for hydroxylation is 1. The monoisotopic (exact) mass is 232 g/mol. The third kappa shape index (κ3) is 2.31. The first-order chi connectivity index (χ1) is 7.47. The maximum absolute atomic E-state index is 6.05. The van der Waals surface area contributed by atoms with Crippen LogP contribution < -0.4 is 5.73 Å². The van der Waals surface area contributed by atoms with Crippen LogP contribution in [0.2, 0.25) is 0 Å². The smallest absolute Gasteiger partial charge is 0.123 e. The molecule has 2 nitrogen and oxygen atoms in total. The molecule has 0 aliphatic rings. The lowest BCUT2D eigenvalue weighted by molar-refractivity contribution is 0.566. The molecule has 1 heterocycles. The molecular weight excluding hydrogens is 216 g/mol. The molecule has 16 heavy (non-hydrogen) atoms. The summed E-state index contributed by atoms with van der Waals surface area (Å²) in [5, 5.41) is 1.04. The van der Waals surface area contributed by atoms with E-state index in [9.17, 15) is 0 Å². The molecule has 2 rings (SSSR count). The van der Waals surface area contributed by atoms with Gasteiger partial charge in [-0.25, -0.2) is 4.98 Å². The van der Waals surface area contributed by atoms with Crippen molar-refractivity contribution in [1.82, 2.24) is 4.98 Å². The quantitative estimate of drug-likeness (QED) is 0.862. The Balaban J connectivity index is 2.39. The summed E-state index contributed by atoms with van der Waals surface area (Å²) in [6.07, 6.45) is 1.88. The van der Waals surface area contributed by atoms with Gasteiger partial charge in [-0.2, -0.15) is 0 Å². The Kier molecular flexibility index (Phi) is 2.82. The predicted octanol–water partition coefficient (Wildman–Crippen LogP) is 3.31. The summed E-state index contributed by atoms with van der Waals surface area (Å²) in [5.74, 6) is 0. The molecule has 3 heteroatoms. The van der Waals surface area contributed by atoms with Crippen LogP contribution in [0.1, 0.15) is 24.3 Å². The average molecular weight is 232 g/mol. The molecule has 2 N–H and O–H groups in total. The zero-order valence-corrected chi connectivity index (χ0v) is 10.6. The van der Waals surface area contributed by atoms with Crippen molar-refractivity contribution in [1.29, 1.82) is 0 Å². The van der Waals surface area contributed by atoms with Crippen molar-refractivity contribution in [2.24, 2.45) is 5.73 Å². The molecule has 0 amide bonds. The van der Waals surface area contributed by atoms with Gasteiger partial charge in [0, 0.05) is 22.2 Å². The Hall–Kier alpha value is -1.19.